The standard InChI is InChI=1S/C24H20N8O/c33-24(29-17-5-2-1-3-6-17)30-19-8-4-7-18(14-19)28-23-25-12-11-22(31-23)27-20-9-10-21-16(13-20)15-26-32-21/h1-15H,(H,26,32)(H2,29,30,33)(H2,25,27,28,31). The fourth-order valence-electron chi connectivity index (χ4n) is 3.28. The molecule has 0 spiro atoms. The first-order chi connectivity index (χ1) is 16.2. The summed E-state index contributed by atoms with van der Waals surface area (Å²) in [5.41, 5.74) is 3.95. The summed E-state index contributed by atoms with van der Waals surface area (Å²) in [7, 11) is 0. The van der Waals surface area contributed by atoms with Crippen LogP contribution in [0.3, 0.4) is 0 Å². The molecule has 162 valence electrons. The van der Waals surface area contributed by atoms with Crippen LogP contribution >= 0.6 is 0 Å². The number of carbonyl (C=O) groups is 1. The zero-order chi connectivity index (χ0) is 22.5. The van der Waals surface area contributed by atoms with Crippen LogP contribution < -0.4 is 21.3 Å². The molecule has 3 aromatic carbocycles. The molecule has 5 aromatic rings. The van der Waals surface area contributed by atoms with Gasteiger partial charge in [0.15, 0.2) is 0 Å². The number of urea groups is 1. The molecule has 0 aliphatic rings. The van der Waals surface area contributed by atoms with Gasteiger partial charge >= 0.3 is 6.03 Å². The van der Waals surface area contributed by atoms with Gasteiger partial charge in [0.2, 0.25) is 5.95 Å². The summed E-state index contributed by atoms with van der Waals surface area (Å²) in [4.78, 5) is 21.1. The molecule has 0 fully saturated rings. The van der Waals surface area contributed by atoms with E-state index < -0.39 is 0 Å². The second-order valence-corrected chi connectivity index (χ2v) is 7.21. The van der Waals surface area contributed by atoms with Crippen molar-refractivity contribution in [3.63, 3.8) is 0 Å². The van der Waals surface area contributed by atoms with Crippen LogP contribution in [-0.2, 0) is 0 Å². The number of carbonyl (C=O) groups excluding carboxylic acids is 1. The summed E-state index contributed by atoms with van der Waals surface area (Å²) < 4.78 is 0. The van der Waals surface area contributed by atoms with Crippen molar-refractivity contribution in [2.24, 2.45) is 0 Å². The highest BCUT2D eigenvalue weighted by Gasteiger charge is 2.06. The Morgan fingerprint density at radius 1 is 0.758 bits per heavy atom. The number of aromatic nitrogens is 4. The third kappa shape index (κ3) is 5.05. The molecule has 0 saturated carbocycles. The predicted octanol–water partition coefficient (Wildman–Crippen LogP) is 5.48. The molecular formula is C24H20N8O. The Bertz CT molecular complexity index is 1400. The number of para-hydroxylation sites is 1. The average molecular weight is 436 g/mol. The quantitative estimate of drug-likeness (QED) is 0.240. The molecule has 0 aliphatic heterocycles. The number of hydrogen-bond acceptors (Lipinski definition) is 6. The van der Waals surface area contributed by atoms with Gasteiger partial charge in [0.25, 0.3) is 0 Å². The minimum Gasteiger partial charge on any atom is -0.340 e. The van der Waals surface area contributed by atoms with Crippen LogP contribution in [0.25, 0.3) is 10.9 Å². The molecule has 5 N–H and O–H groups in total. The average Bonchev–Trinajstić information content (AvgIpc) is 3.28. The molecule has 0 unspecified atom stereocenters. The summed E-state index contributed by atoms with van der Waals surface area (Å²) in [5, 5.41) is 20.0. The Morgan fingerprint density at radius 2 is 1.55 bits per heavy atom. The zero-order valence-electron chi connectivity index (χ0n) is 17.4. The number of fused-ring (bicyclic) bond motifs is 1. The summed E-state index contributed by atoms with van der Waals surface area (Å²) in [5.74, 6) is 1.07. The summed E-state index contributed by atoms with van der Waals surface area (Å²) >= 11 is 0. The lowest BCUT2D eigenvalue weighted by molar-refractivity contribution is 0.262. The van der Waals surface area contributed by atoms with Crippen molar-refractivity contribution < 1.29 is 4.79 Å². The molecule has 2 amide bonds. The maximum atomic E-state index is 12.3. The number of nitrogens with zero attached hydrogens (tertiary/aromatic N) is 3. The van der Waals surface area contributed by atoms with Gasteiger partial charge in [-0.3, -0.25) is 5.10 Å². The number of aromatic amines is 1. The Kier molecular flexibility index (Phi) is 5.50. The van der Waals surface area contributed by atoms with Crippen molar-refractivity contribution in [3.05, 3.63) is 91.3 Å². The Balaban J connectivity index is 1.25. The Morgan fingerprint density at radius 3 is 2.45 bits per heavy atom. The molecule has 2 aromatic heterocycles. The van der Waals surface area contributed by atoms with Gasteiger partial charge in [-0.1, -0.05) is 24.3 Å². The van der Waals surface area contributed by atoms with Gasteiger partial charge < -0.3 is 21.3 Å². The normalized spacial score (nSPS) is 10.5. The van der Waals surface area contributed by atoms with Crippen molar-refractivity contribution in [1.82, 2.24) is 20.2 Å². The fraction of sp³-hybridized carbons (Fsp3) is 0. The van der Waals surface area contributed by atoms with Crippen LogP contribution in [0.1, 0.15) is 0 Å². The molecule has 5 rings (SSSR count). The number of amides is 2. The van der Waals surface area contributed by atoms with Gasteiger partial charge in [-0.05, 0) is 54.6 Å². The summed E-state index contributed by atoms with van der Waals surface area (Å²) in [6.07, 6.45) is 3.44. The van der Waals surface area contributed by atoms with E-state index >= 15 is 0 Å². The van der Waals surface area contributed by atoms with E-state index in [4.69, 9.17) is 0 Å². The van der Waals surface area contributed by atoms with Crippen LogP contribution in [0.4, 0.5) is 39.3 Å². The van der Waals surface area contributed by atoms with Crippen LogP contribution in [0.2, 0.25) is 0 Å². The van der Waals surface area contributed by atoms with E-state index in [-0.39, 0.29) is 6.03 Å². The minimum atomic E-state index is -0.324. The van der Waals surface area contributed by atoms with Crippen LogP contribution in [-0.4, -0.2) is 26.2 Å². The van der Waals surface area contributed by atoms with Crippen molar-refractivity contribution in [1.29, 1.82) is 0 Å². The van der Waals surface area contributed by atoms with Crippen LogP contribution in [0.15, 0.2) is 91.3 Å². The highest BCUT2D eigenvalue weighted by atomic mass is 16.2. The van der Waals surface area contributed by atoms with Crippen molar-refractivity contribution in [3.8, 4) is 0 Å². The van der Waals surface area contributed by atoms with E-state index in [1.807, 2.05) is 60.7 Å². The van der Waals surface area contributed by atoms with Crippen LogP contribution in [0.5, 0.6) is 0 Å². The lowest BCUT2D eigenvalue weighted by Crippen LogP contribution is -2.19. The third-order valence-corrected chi connectivity index (χ3v) is 4.78. The highest BCUT2D eigenvalue weighted by molar-refractivity contribution is 6.00. The van der Waals surface area contributed by atoms with Gasteiger partial charge in [0.05, 0.1) is 11.7 Å². The van der Waals surface area contributed by atoms with E-state index in [1.165, 1.54) is 0 Å². The summed E-state index contributed by atoms with van der Waals surface area (Å²) in [6.45, 7) is 0. The predicted molar refractivity (Wildman–Crippen MR) is 130 cm³/mol. The third-order valence-electron chi connectivity index (χ3n) is 4.78. The molecular weight excluding hydrogens is 416 g/mol. The van der Waals surface area contributed by atoms with Gasteiger partial charge in [-0.2, -0.15) is 10.1 Å². The van der Waals surface area contributed by atoms with Gasteiger partial charge in [-0.25, -0.2) is 9.78 Å². The molecule has 2 heterocycles. The van der Waals surface area contributed by atoms with E-state index in [9.17, 15) is 4.79 Å². The molecule has 0 radical (unpaired) electrons. The van der Waals surface area contributed by atoms with Crippen LogP contribution in [0, 0.1) is 0 Å². The van der Waals surface area contributed by atoms with Gasteiger partial charge in [0.1, 0.15) is 5.82 Å². The smallest absolute Gasteiger partial charge is 0.323 e. The Labute approximate surface area is 189 Å². The SMILES string of the molecule is O=C(Nc1ccccc1)Nc1cccc(Nc2nccc(Nc3ccc4[nH]ncc4c3)n2)c1. The van der Waals surface area contributed by atoms with E-state index in [0.29, 0.717) is 23.1 Å². The lowest BCUT2D eigenvalue weighted by Gasteiger charge is -2.11. The number of benzene rings is 3. The maximum absolute atomic E-state index is 12.3. The zero-order valence-corrected chi connectivity index (χ0v) is 17.4. The van der Waals surface area contributed by atoms with Gasteiger partial charge in [-0.15, -0.1) is 0 Å². The number of rotatable bonds is 6. The molecule has 9 nitrogen and oxygen atoms in total. The molecule has 33 heavy (non-hydrogen) atoms. The van der Waals surface area contributed by atoms with Gasteiger partial charge in [0, 0.05) is 34.3 Å². The summed E-state index contributed by atoms with van der Waals surface area (Å²) in [6, 6.07) is 23.9. The first-order valence-electron chi connectivity index (χ1n) is 10.2. The maximum Gasteiger partial charge on any atom is 0.323 e. The molecule has 0 saturated heterocycles. The number of hydrogen-bond donors (Lipinski definition) is 5. The minimum absolute atomic E-state index is 0.324. The molecule has 0 bridgehead atoms. The number of H-pyrrole nitrogens is 1. The fourth-order valence-corrected chi connectivity index (χ4v) is 3.28. The highest BCUT2D eigenvalue weighted by Crippen LogP contribution is 2.22. The van der Waals surface area contributed by atoms with Crippen molar-refractivity contribution in [2.45, 2.75) is 0 Å². The molecule has 0 atom stereocenters. The largest absolute Gasteiger partial charge is 0.340 e. The van der Waals surface area contributed by atoms with Crippen molar-refractivity contribution >= 4 is 51.4 Å². The Hall–Kier alpha value is -4.92. The van der Waals surface area contributed by atoms with Crippen molar-refractivity contribution in [2.75, 3.05) is 21.3 Å². The second-order valence-electron chi connectivity index (χ2n) is 7.21. The first-order valence-corrected chi connectivity index (χ1v) is 10.2. The van der Waals surface area contributed by atoms with E-state index in [1.54, 1.807) is 30.6 Å². The first kappa shape index (κ1) is 20.0. The molecule has 0 aliphatic carbocycles. The topological polar surface area (TPSA) is 120 Å². The molecule has 9 heteroatoms. The number of anilines is 6. The van der Waals surface area contributed by atoms with E-state index in [2.05, 4.69) is 41.4 Å². The lowest BCUT2D eigenvalue weighted by atomic mass is 10.2. The monoisotopic (exact) mass is 436 g/mol. The number of nitrogens with one attached hydrogen (secondary N) is 5. The van der Waals surface area contributed by atoms with E-state index in [0.717, 1.165) is 22.3 Å². The second kappa shape index (κ2) is 9.06.